The lowest BCUT2D eigenvalue weighted by atomic mass is 9.81. The number of hydrogen-bond acceptors (Lipinski definition) is 6. The predicted octanol–water partition coefficient (Wildman–Crippen LogP) is 7.32. The number of nitrogens with zero attached hydrogens (tertiary/aromatic N) is 2. The van der Waals surface area contributed by atoms with Crippen molar-refractivity contribution >= 4 is 50.6 Å². The monoisotopic (exact) mass is 599 g/mol. The molecule has 224 valence electrons. The highest BCUT2D eigenvalue weighted by atomic mass is 35.5. The van der Waals surface area contributed by atoms with Gasteiger partial charge in [0.15, 0.2) is 5.78 Å². The molecule has 1 aromatic carbocycles. The van der Waals surface area contributed by atoms with Crippen LogP contribution in [0.25, 0.3) is 10.2 Å². The SMILES string of the molecule is CCCC(=O)C[C@@H](Cc1nc2ccc(Cl)cc2s1)C(=O)N[C@H](CCC(=O)/C=C/CN1CCCCC1)C1CCCCC1. The van der Waals surface area contributed by atoms with Gasteiger partial charge in [0.1, 0.15) is 5.78 Å². The number of hydrogen-bond donors (Lipinski definition) is 1. The van der Waals surface area contributed by atoms with Gasteiger partial charge in [-0.05, 0) is 81.8 Å². The fourth-order valence-corrected chi connectivity index (χ4v) is 7.60. The van der Waals surface area contributed by atoms with Crippen molar-refractivity contribution < 1.29 is 14.4 Å². The van der Waals surface area contributed by atoms with Gasteiger partial charge in [0, 0.05) is 43.3 Å². The summed E-state index contributed by atoms with van der Waals surface area (Å²) < 4.78 is 0.985. The van der Waals surface area contributed by atoms with Crippen LogP contribution in [0.2, 0.25) is 5.02 Å². The number of carbonyl (C=O) groups excluding carboxylic acids is 3. The van der Waals surface area contributed by atoms with Gasteiger partial charge in [0.25, 0.3) is 0 Å². The number of thiazole rings is 1. The third-order valence-corrected chi connectivity index (χ3v) is 9.83. The fraction of sp³-hybridized carbons (Fsp3) is 0.636. The molecule has 4 rings (SSSR count). The third-order valence-electron chi connectivity index (χ3n) is 8.55. The van der Waals surface area contributed by atoms with Gasteiger partial charge in [-0.25, -0.2) is 4.98 Å². The van der Waals surface area contributed by atoms with E-state index in [0.717, 1.165) is 67.0 Å². The average molecular weight is 600 g/mol. The minimum absolute atomic E-state index is 0.0554. The normalized spacial score (nSPS) is 18.5. The zero-order valence-electron chi connectivity index (χ0n) is 24.5. The van der Waals surface area contributed by atoms with E-state index >= 15 is 0 Å². The molecule has 1 saturated carbocycles. The Balaban J connectivity index is 1.41. The number of likely N-dealkylation sites (tertiary alicyclic amines) is 1. The van der Waals surface area contributed by atoms with Crippen LogP contribution in [0.3, 0.4) is 0 Å². The summed E-state index contributed by atoms with van der Waals surface area (Å²) in [7, 11) is 0. The van der Waals surface area contributed by atoms with Crippen LogP contribution in [0, 0.1) is 11.8 Å². The van der Waals surface area contributed by atoms with Crippen LogP contribution in [0.5, 0.6) is 0 Å². The number of nitrogens with one attached hydrogen (secondary N) is 1. The first kappa shape index (κ1) is 31.8. The van der Waals surface area contributed by atoms with Gasteiger partial charge in [0.05, 0.1) is 21.1 Å². The van der Waals surface area contributed by atoms with E-state index in [9.17, 15) is 14.4 Å². The first-order chi connectivity index (χ1) is 19.9. The number of benzene rings is 1. The summed E-state index contributed by atoms with van der Waals surface area (Å²) in [6, 6.07) is 5.56. The molecule has 0 bridgehead atoms. The van der Waals surface area contributed by atoms with Crippen molar-refractivity contribution in [3.8, 4) is 0 Å². The molecule has 0 unspecified atom stereocenters. The number of amides is 1. The van der Waals surface area contributed by atoms with Crippen LogP contribution in [0.1, 0.15) is 95.4 Å². The van der Waals surface area contributed by atoms with E-state index in [1.165, 1.54) is 37.0 Å². The van der Waals surface area contributed by atoms with Gasteiger partial charge in [-0.1, -0.05) is 50.3 Å². The molecule has 1 saturated heterocycles. The van der Waals surface area contributed by atoms with Crippen LogP contribution >= 0.6 is 22.9 Å². The van der Waals surface area contributed by atoms with E-state index < -0.39 is 5.92 Å². The second-order valence-corrected chi connectivity index (χ2v) is 13.4. The number of allylic oxidation sites excluding steroid dienone is 1. The Bertz CT molecular complexity index is 1180. The maximum absolute atomic E-state index is 13.8. The summed E-state index contributed by atoms with van der Waals surface area (Å²) in [6.45, 7) is 5.04. The molecular formula is C33H46ClN3O3S. The Hall–Kier alpha value is -2.09. The van der Waals surface area contributed by atoms with Crippen molar-refractivity contribution in [2.24, 2.45) is 11.8 Å². The Morgan fingerprint density at radius 1 is 1.10 bits per heavy atom. The lowest BCUT2D eigenvalue weighted by Gasteiger charge is -2.32. The Morgan fingerprint density at radius 2 is 1.85 bits per heavy atom. The van der Waals surface area contributed by atoms with Crippen LogP contribution in [0.4, 0.5) is 0 Å². The number of halogens is 1. The molecule has 1 amide bonds. The molecule has 1 aliphatic heterocycles. The van der Waals surface area contributed by atoms with Gasteiger partial charge >= 0.3 is 0 Å². The number of rotatable bonds is 15. The average Bonchev–Trinajstić information content (AvgIpc) is 3.37. The number of ketones is 2. The second-order valence-electron chi connectivity index (χ2n) is 11.9. The molecule has 2 fully saturated rings. The quantitative estimate of drug-likeness (QED) is 0.217. The van der Waals surface area contributed by atoms with Crippen molar-refractivity contribution in [2.45, 2.75) is 103 Å². The zero-order valence-corrected chi connectivity index (χ0v) is 26.1. The molecule has 2 aromatic rings. The van der Waals surface area contributed by atoms with Gasteiger partial charge in [-0.15, -0.1) is 11.3 Å². The summed E-state index contributed by atoms with van der Waals surface area (Å²) in [6.07, 6.45) is 16.2. The number of Topliss-reactive ketones (excluding diaryl/α,β-unsaturated/α-hetero) is 1. The van der Waals surface area contributed by atoms with Crippen molar-refractivity contribution in [2.75, 3.05) is 19.6 Å². The van der Waals surface area contributed by atoms with Crippen molar-refractivity contribution in [3.63, 3.8) is 0 Å². The Morgan fingerprint density at radius 3 is 2.61 bits per heavy atom. The second kappa shape index (κ2) is 16.5. The minimum Gasteiger partial charge on any atom is -0.353 e. The maximum atomic E-state index is 13.8. The summed E-state index contributed by atoms with van der Waals surface area (Å²) in [4.78, 5) is 46.4. The van der Waals surface area contributed by atoms with Crippen molar-refractivity contribution in [1.82, 2.24) is 15.2 Å². The van der Waals surface area contributed by atoms with Gasteiger partial charge in [-0.3, -0.25) is 19.3 Å². The molecule has 0 radical (unpaired) electrons. The van der Waals surface area contributed by atoms with Crippen molar-refractivity contribution in [3.05, 3.63) is 40.4 Å². The highest BCUT2D eigenvalue weighted by molar-refractivity contribution is 7.18. The topological polar surface area (TPSA) is 79.4 Å². The molecule has 1 aromatic heterocycles. The van der Waals surface area contributed by atoms with Crippen LogP contribution in [-0.4, -0.2) is 53.0 Å². The first-order valence-electron chi connectivity index (χ1n) is 15.7. The fourth-order valence-electron chi connectivity index (χ4n) is 6.28. The smallest absolute Gasteiger partial charge is 0.224 e. The van der Waals surface area contributed by atoms with E-state index in [2.05, 4.69) is 10.2 Å². The molecule has 1 aliphatic carbocycles. The Labute approximate surface area is 254 Å². The number of piperidine rings is 1. The summed E-state index contributed by atoms with van der Waals surface area (Å²) in [5.74, 6) is 0.0426. The molecule has 41 heavy (non-hydrogen) atoms. The van der Waals surface area contributed by atoms with Crippen molar-refractivity contribution in [1.29, 1.82) is 0 Å². The van der Waals surface area contributed by atoms with Crippen LogP contribution in [-0.2, 0) is 20.8 Å². The lowest BCUT2D eigenvalue weighted by Crippen LogP contribution is -2.45. The standard InChI is InChI=1S/C33H46ClN3O3S/c1-2-10-28(39)21-25(22-32-35-30-16-14-26(34)23-31(30)41-32)33(40)36-29(24-11-5-3-6-12-24)17-15-27(38)13-9-20-37-18-7-4-8-19-37/h9,13-14,16,23-25,29H,2-8,10-12,15,17-22H2,1H3,(H,36,40)/b13-9+/t25-,29+/m0/s1. The highest BCUT2D eigenvalue weighted by Crippen LogP contribution is 2.30. The van der Waals surface area contributed by atoms with E-state index in [4.69, 9.17) is 16.6 Å². The highest BCUT2D eigenvalue weighted by Gasteiger charge is 2.30. The predicted molar refractivity (Wildman–Crippen MR) is 169 cm³/mol. The number of fused-ring (bicyclic) bond motifs is 1. The molecule has 0 spiro atoms. The largest absolute Gasteiger partial charge is 0.353 e. The lowest BCUT2D eigenvalue weighted by molar-refractivity contribution is -0.130. The zero-order chi connectivity index (χ0) is 29.0. The van der Waals surface area contributed by atoms with E-state index in [0.29, 0.717) is 36.6 Å². The molecule has 8 heteroatoms. The first-order valence-corrected chi connectivity index (χ1v) is 16.9. The molecule has 2 atom stereocenters. The summed E-state index contributed by atoms with van der Waals surface area (Å²) in [5, 5.41) is 4.84. The van der Waals surface area contributed by atoms with Gasteiger partial charge in [0.2, 0.25) is 5.91 Å². The van der Waals surface area contributed by atoms with Crippen LogP contribution in [0.15, 0.2) is 30.4 Å². The maximum Gasteiger partial charge on any atom is 0.224 e. The molecule has 2 heterocycles. The summed E-state index contributed by atoms with van der Waals surface area (Å²) >= 11 is 7.71. The van der Waals surface area contributed by atoms with E-state index in [-0.39, 0.29) is 29.9 Å². The summed E-state index contributed by atoms with van der Waals surface area (Å²) in [5.41, 5.74) is 0.861. The number of aromatic nitrogens is 1. The molecule has 2 aliphatic rings. The molecular weight excluding hydrogens is 554 g/mol. The number of carbonyl (C=O) groups is 3. The van der Waals surface area contributed by atoms with Crippen LogP contribution < -0.4 is 5.32 Å². The molecule has 6 nitrogen and oxygen atoms in total. The van der Waals surface area contributed by atoms with Gasteiger partial charge < -0.3 is 5.32 Å². The van der Waals surface area contributed by atoms with E-state index in [1.54, 1.807) is 6.08 Å². The molecule has 1 N–H and O–H groups in total. The minimum atomic E-state index is -0.476. The van der Waals surface area contributed by atoms with E-state index in [1.807, 2.05) is 31.2 Å². The third kappa shape index (κ3) is 10.3. The van der Waals surface area contributed by atoms with Gasteiger partial charge in [-0.2, -0.15) is 0 Å². The Kier molecular flexibility index (Phi) is 12.8.